The standard InChI is InChI=1S/F2HNO2S.K.H/c1-3-6(2,4)5;;/h3H;;/q;+1;-1. The minimum atomic E-state index is -5.08. The van der Waals surface area contributed by atoms with Crippen molar-refractivity contribution >= 4 is 10.4 Å². The fraction of sp³-hybridized carbons (Fsp3) is 0. The van der Waals surface area contributed by atoms with Gasteiger partial charge in [0.25, 0.3) is 0 Å². The van der Waals surface area contributed by atoms with Crippen LogP contribution >= 0.6 is 0 Å². The Kier molecular flexibility index (Phi) is 6.90. The Bertz CT molecular complexity index is 122. The number of halogens is 2. The predicted molar refractivity (Wildman–Crippen MR) is 15.4 cm³/mol. The van der Waals surface area contributed by atoms with E-state index in [9.17, 15) is 8.37 Å². The van der Waals surface area contributed by atoms with E-state index in [0.29, 0.717) is 0 Å². The van der Waals surface area contributed by atoms with Crippen molar-refractivity contribution in [1.82, 2.24) is 4.94 Å². The zero-order chi connectivity index (χ0) is 5.21. The van der Waals surface area contributed by atoms with E-state index >= 15 is 0 Å². The van der Waals surface area contributed by atoms with Crippen molar-refractivity contribution in [3.05, 3.63) is 0 Å². The first-order valence-corrected chi connectivity index (χ1v) is 2.26. The Morgan fingerprint density at radius 3 is 1.71 bits per heavy atom. The van der Waals surface area contributed by atoms with Crippen molar-refractivity contribution in [3.8, 4) is 0 Å². The van der Waals surface area contributed by atoms with Gasteiger partial charge in [0.15, 0.2) is 0 Å². The van der Waals surface area contributed by atoms with Gasteiger partial charge in [0.05, 0.1) is 0 Å². The second-order valence-corrected chi connectivity index (χ2v) is 1.54. The van der Waals surface area contributed by atoms with Crippen molar-refractivity contribution in [2.75, 3.05) is 0 Å². The monoisotopic (exact) mass is 157 g/mol. The Balaban J connectivity index is -0.000000125. The van der Waals surface area contributed by atoms with E-state index in [1.807, 2.05) is 0 Å². The molecular weight excluding hydrogens is 155 g/mol. The average molecular weight is 157 g/mol. The molecule has 0 saturated carbocycles. The van der Waals surface area contributed by atoms with Crippen LogP contribution in [0, 0.1) is 0 Å². The normalized spacial score (nSPS) is 10.0. The summed E-state index contributed by atoms with van der Waals surface area (Å²) in [6.45, 7) is 0. The van der Waals surface area contributed by atoms with Crippen LogP contribution in [-0.4, -0.2) is 8.42 Å². The van der Waals surface area contributed by atoms with Gasteiger partial charge in [-0.1, -0.05) is 3.89 Å². The number of hydrogen-bond acceptors (Lipinski definition) is 2. The van der Waals surface area contributed by atoms with Crippen LogP contribution in [0.2, 0.25) is 0 Å². The molecule has 0 bridgehead atoms. The van der Waals surface area contributed by atoms with Gasteiger partial charge in [-0.15, -0.1) is 4.48 Å². The van der Waals surface area contributed by atoms with Crippen LogP contribution in [-0.2, 0) is 10.4 Å². The van der Waals surface area contributed by atoms with Crippen molar-refractivity contribution in [2.45, 2.75) is 0 Å². The van der Waals surface area contributed by atoms with Gasteiger partial charge in [-0.05, 0) is 4.94 Å². The molecule has 0 aromatic carbocycles. The molecule has 0 aliphatic carbocycles. The Hall–Kier alpha value is 1.41. The van der Waals surface area contributed by atoms with Gasteiger partial charge in [-0.25, -0.2) is 0 Å². The van der Waals surface area contributed by atoms with E-state index in [-0.39, 0.29) is 57.8 Å². The maximum atomic E-state index is 10.6. The molecule has 0 saturated heterocycles. The number of hydrogen-bond donors (Lipinski definition) is 1. The van der Waals surface area contributed by atoms with Crippen LogP contribution in [0.25, 0.3) is 0 Å². The third-order valence-corrected chi connectivity index (χ3v) is 0.276. The molecule has 0 amide bonds. The van der Waals surface area contributed by atoms with Gasteiger partial charge in [0.1, 0.15) is 0 Å². The summed E-state index contributed by atoms with van der Waals surface area (Å²) in [5.74, 6) is 0. The zero-order valence-electron chi connectivity index (χ0n) is 4.48. The van der Waals surface area contributed by atoms with Crippen LogP contribution in [0.3, 0.4) is 0 Å². The topological polar surface area (TPSA) is 46.2 Å². The molecule has 7 heavy (non-hydrogen) atoms. The molecular formula is H2F2KNO2S. The fourth-order valence-electron chi connectivity index (χ4n) is 0. The van der Waals surface area contributed by atoms with E-state index in [2.05, 4.69) is 0 Å². The van der Waals surface area contributed by atoms with E-state index in [1.165, 1.54) is 0 Å². The van der Waals surface area contributed by atoms with Gasteiger partial charge in [0.2, 0.25) is 0 Å². The second kappa shape index (κ2) is 4.30. The summed E-state index contributed by atoms with van der Waals surface area (Å²) in [5.41, 5.74) is 0. The smallest absolute Gasteiger partial charge is 1.00 e. The first-order valence-electron chi connectivity index (χ1n) is 0.881. The third kappa shape index (κ3) is 11.1. The quantitative estimate of drug-likeness (QED) is 0.247. The van der Waals surface area contributed by atoms with Crippen LogP contribution in [0.1, 0.15) is 1.43 Å². The summed E-state index contributed by atoms with van der Waals surface area (Å²) >= 11 is 0. The maximum absolute atomic E-state index is 10.6. The summed E-state index contributed by atoms with van der Waals surface area (Å²) in [7, 11) is -5.08. The van der Waals surface area contributed by atoms with Gasteiger partial charge in [0, 0.05) is 0 Å². The summed E-state index contributed by atoms with van der Waals surface area (Å²) in [6, 6.07) is 0. The molecule has 0 rings (SSSR count). The van der Waals surface area contributed by atoms with E-state index in [4.69, 9.17) is 8.42 Å². The summed E-state index contributed by atoms with van der Waals surface area (Å²) in [4.78, 5) is -0.0903. The molecule has 0 aromatic heterocycles. The molecule has 7 heteroatoms. The van der Waals surface area contributed by atoms with Crippen molar-refractivity contribution in [2.24, 2.45) is 0 Å². The van der Waals surface area contributed by atoms with Gasteiger partial charge in [-0.2, -0.15) is 8.42 Å². The van der Waals surface area contributed by atoms with Crippen LogP contribution < -0.4 is 56.3 Å². The molecule has 0 aromatic rings. The van der Waals surface area contributed by atoms with E-state index < -0.39 is 10.4 Å². The van der Waals surface area contributed by atoms with E-state index in [0.717, 1.165) is 0 Å². The Morgan fingerprint density at radius 2 is 1.71 bits per heavy atom. The summed E-state index contributed by atoms with van der Waals surface area (Å²) < 4.78 is 38.6. The van der Waals surface area contributed by atoms with Gasteiger partial charge in [-0.3, -0.25) is 0 Å². The number of nitrogens with one attached hydrogen (secondary N) is 1. The molecule has 3 nitrogen and oxygen atoms in total. The maximum Gasteiger partial charge on any atom is 1.00 e. The molecule has 0 radical (unpaired) electrons. The predicted octanol–water partition coefficient (Wildman–Crippen LogP) is -3.21. The van der Waals surface area contributed by atoms with Crippen LogP contribution in [0.5, 0.6) is 0 Å². The Morgan fingerprint density at radius 1 is 1.57 bits per heavy atom. The average Bonchev–Trinajstić information content (AvgIpc) is 1.35. The number of rotatable bonds is 1. The summed E-state index contributed by atoms with van der Waals surface area (Å²) in [6.07, 6.45) is 0. The molecule has 40 valence electrons. The molecule has 0 fully saturated rings. The first kappa shape index (κ1) is 11.2. The Labute approximate surface area is 83.7 Å². The third-order valence-electron chi connectivity index (χ3n) is 0.0922. The molecule has 0 spiro atoms. The van der Waals surface area contributed by atoms with Crippen LogP contribution in [0.4, 0.5) is 8.37 Å². The summed E-state index contributed by atoms with van der Waals surface area (Å²) in [5, 5.41) is 0. The van der Waals surface area contributed by atoms with Crippen molar-refractivity contribution in [1.29, 1.82) is 0 Å². The molecule has 1 N–H and O–H groups in total. The van der Waals surface area contributed by atoms with Crippen LogP contribution in [0.15, 0.2) is 0 Å². The molecule has 0 aliphatic heterocycles. The SMILES string of the molecule is O=S(=O)(F)NF.[H-].[K+]. The first-order chi connectivity index (χ1) is 2.56. The minimum absolute atomic E-state index is 0. The van der Waals surface area contributed by atoms with Gasteiger partial charge < -0.3 is 1.43 Å². The van der Waals surface area contributed by atoms with Gasteiger partial charge >= 0.3 is 61.8 Å². The molecule has 0 unspecified atom stereocenters. The molecule has 0 aliphatic rings. The zero-order valence-corrected chi connectivity index (χ0v) is 7.42. The molecule has 0 atom stereocenters. The largest absolute Gasteiger partial charge is 1.00 e. The fourth-order valence-corrected chi connectivity index (χ4v) is 0. The van der Waals surface area contributed by atoms with Crippen molar-refractivity contribution in [3.63, 3.8) is 0 Å². The van der Waals surface area contributed by atoms with Crippen molar-refractivity contribution < 1.29 is 69.6 Å². The minimum Gasteiger partial charge on any atom is -1.00 e. The second-order valence-electron chi connectivity index (χ2n) is 0.515. The van der Waals surface area contributed by atoms with E-state index in [1.54, 1.807) is 0 Å². The molecule has 0 heterocycles.